The third-order valence-corrected chi connectivity index (χ3v) is 2.92. The lowest BCUT2D eigenvalue weighted by Gasteiger charge is -2.15. The minimum absolute atomic E-state index is 0.741. The van der Waals surface area contributed by atoms with E-state index < -0.39 is 0 Å². The molecule has 15 heavy (non-hydrogen) atoms. The van der Waals surface area contributed by atoms with E-state index in [-0.39, 0.29) is 0 Å². The highest BCUT2D eigenvalue weighted by molar-refractivity contribution is 5.19. The number of benzene rings is 1. The summed E-state index contributed by atoms with van der Waals surface area (Å²) in [7, 11) is 0. The van der Waals surface area contributed by atoms with Gasteiger partial charge in [0.2, 0.25) is 0 Å². The SMILES string of the molecule is CCNCCCC(CC)c1ccccc1. The van der Waals surface area contributed by atoms with Gasteiger partial charge in [0.15, 0.2) is 0 Å². The summed E-state index contributed by atoms with van der Waals surface area (Å²) in [6.07, 6.45) is 3.82. The minimum Gasteiger partial charge on any atom is -0.317 e. The quantitative estimate of drug-likeness (QED) is 0.671. The second kappa shape index (κ2) is 7.47. The van der Waals surface area contributed by atoms with Crippen LogP contribution in [0.5, 0.6) is 0 Å². The van der Waals surface area contributed by atoms with E-state index in [1.165, 1.54) is 24.8 Å². The van der Waals surface area contributed by atoms with E-state index in [1.54, 1.807) is 0 Å². The summed E-state index contributed by atoms with van der Waals surface area (Å²) in [6.45, 7) is 6.68. The normalized spacial score (nSPS) is 12.7. The third-order valence-electron chi connectivity index (χ3n) is 2.92. The molecule has 0 aliphatic carbocycles. The fraction of sp³-hybridized carbons (Fsp3) is 0.571. The Balaban J connectivity index is 2.36. The second-order valence-electron chi connectivity index (χ2n) is 4.01. The number of nitrogens with one attached hydrogen (secondary N) is 1. The van der Waals surface area contributed by atoms with Gasteiger partial charge in [0, 0.05) is 0 Å². The van der Waals surface area contributed by atoms with Crippen molar-refractivity contribution in [2.45, 2.75) is 39.0 Å². The molecule has 1 rings (SSSR count). The molecule has 0 saturated heterocycles. The van der Waals surface area contributed by atoms with E-state index in [9.17, 15) is 0 Å². The van der Waals surface area contributed by atoms with Gasteiger partial charge in [0.25, 0.3) is 0 Å². The fourth-order valence-electron chi connectivity index (χ4n) is 1.98. The Bertz CT molecular complexity index is 243. The van der Waals surface area contributed by atoms with Gasteiger partial charge in [-0.2, -0.15) is 0 Å². The first-order valence-electron chi connectivity index (χ1n) is 6.14. The molecule has 1 heteroatoms. The molecule has 1 unspecified atom stereocenters. The van der Waals surface area contributed by atoms with E-state index in [0.29, 0.717) is 0 Å². The van der Waals surface area contributed by atoms with Crippen molar-refractivity contribution < 1.29 is 0 Å². The Hall–Kier alpha value is -0.820. The molecule has 84 valence electrons. The number of hydrogen-bond acceptors (Lipinski definition) is 1. The lowest BCUT2D eigenvalue weighted by molar-refractivity contribution is 0.551. The van der Waals surface area contributed by atoms with Crippen LogP contribution in [0.1, 0.15) is 44.6 Å². The minimum atomic E-state index is 0.741. The molecule has 0 aliphatic heterocycles. The Morgan fingerprint density at radius 1 is 1.13 bits per heavy atom. The maximum absolute atomic E-state index is 3.38. The molecule has 1 atom stereocenters. The van der Waals surface area contributed by atoms with Crippen molar-refractivity contribution >= 4 is 0 Å². The molecular weight excluding hydrogens is 182 g/mol. The Kier molecular flexibility index (Phi) is 6.10. The van der Waals surface area contributed by atoms with Crippen molar-refractivity contribution in [1.82, 2.24) is 5.32 Å². The van der Waals surface area contributed by atoms with Crippen LogP contribution in [0.25, 0.3) is 0 Å². The Morgan fingerprint density at radius 2 is 1.87 bits per heavy atom. The lowest BCUT2D eigenvalue weighted by atomic mass is 9.92. The predicted octanol–water partition coefficient (Wildman–Crippen LogP) is 3.57. The van der Waals surface area contributed by atoms with Gasteiger partial charge in [-0.25, -0.2) is 0 Å². The van der Waals surface area contributed by atoms with E-state index in [1.807, 2.05) is 0 Å². The van der Waals surface area contributed by atoms with Crippen LogP contribution in [0.15, 0.2) is 30.3 Å². The highest BCUT2D eigenvalue weighted by Gasteiger charge is 2.07. The van der Waals surface area contributed by atoms with Crippen LogP contribution in [0.3, 0.4) is 0 Å². The van der Waals surface area contributed by atoms with Crippen LogP contribution in [0.4, 0.5) is 0 Å². The summed E-state index contributed by atoms with van der Waals surface area (Å²) in [5, 5.41) is 3.38. The summed E-state index contributed by atoms with van der Waals surface area (Å²) in [5.74, 6) is 0.741. The molecule has 0 aromatic heterocycles. The highest BCUT2D eigenvalue weighted by Crippen LogP contribution is 2.23. The van der Waals surface area contributed by atoms with Crippen molar-refractivity contribution in [3.05, 3.63) is 35.9 Å². The molecule has 1 N–H and O–H groups in total. The topological polar surface area (TPSA) is 12.0 Å². The van der Waals surface area contributed by atoms with Gasteiger partial charge in [-0.15, -0.1) is 0 Å². The van der Waals surface area contributed by atoms with E-state index in [4.69, 9.17) is 0 Å². The highest BCUT2D eigenvalue weighted by atomic mass is 14.8. The summed E-state index contributed by atoms with van der Waals surface area (Å²) in [4.78, 5) is 0. The molecule has 1 nitrogen and oxygen atoms in total. The van der Waals surface area contributed by atoms with Gasteiger partial charge in [-0.3, -0.25) is 0 Å². The Labute approximate surface area is 93.9 Å². The molecule has 0 aliphatic rings. The van der Waals surface area contributed by atoms with Crippen molar-refractivity contribution in [1.29, 1.82) is 0 Å². The van der Waals surface area contributed by atoms with Crippen LogP contribution >= 0.6 is 0 Å². The molecule has 0 fully saturated rings. The van der Waals surface area contributed by atoms with Gasteiger partial charge in [-0.05, 0) is 43.8 Å². The smallest absolute Gasteiger partial charge is 0.00488 e. The van der Waals surface area contributed by atoms with Gasteiger partial charge >= 0.3 is 0 Å². The predicted molar refractivity (Wildman–Crippen MR) is 67.3 cm³/mol. The standard InChI is InChI=1S/C14H23N/c1-3-13(11-8-12-15-4-2)14-9-6-5-7-10-14/h5-7,9-10,13,15H,3-4,8,11-12H2,1-2H3. The van der Waals surface area contributed by atoms with E-state index in [2.05, 4.69) is 49.5 Å². The van der Waals surface area contributed by atoms with Crippen molar-refractivity contribution in [2.24, 2.45) is 0 Å². The molecule has 0 bridgehead atoms. The van der Waals surface area contributed by atoms with E-state index >= 15 is 0 Å². The molecule has 0 spiro atoms. The second-order valence-corrected chi connectivity index (χ2v) is 4.01. The van der Waals surface area contributed by atoms with Gasteiger partial charge in [0.1, 0.15) is 0 Å². The summed E-state index contributed by atoms with van der Waals surface area (Å²) < 4.78 is 0. The zero-order valence-corrected chi connectivity index (χ0v) is 10.00. The molecule has 0 radical (unpaired) electrons. The van der Waals surface area contributed by atoms with Crippen LogP contribution in [-0.2, 0) is 0 Å². The number of hydrogen-bond donors (Lipinski definition) is 1. The van der Waals surface area contributed by atoms with E-state index in [0.717, 1.165) is 19.0 Å². The molecule has 0 saturated carbocycles. The van der Waals surface area contributed by atoms with Crippen molar-refractivity contribution in [3.63, 3.8) is 0 Å². The fourth-order valence-corrected chi connectivity index (χ4v) is 1.98. The first-order chi connectivity index (χ1) is 7.38. The zero-order chi connectivity index (χ0) is 10.9. The van der Waals surface area contributed by atoms with Crippen LogP contribution < -0.4 is 5.32 Å². The molecule has 1 aromatic rings. The summed E-state index contributed by atoms with van der Waals surface area (Å²) >= 11 is 0. The maximum atomic E-state index is 3.38. The van der Waals surface area contributed by atoms with Crippen LogP contribution in [0.2, 0.25) is 0 Å². The monoisotopic (exact) mass is 205 g/mol. The first kappa shape index (κ1) is 12.3. The molecule has 0 amide bonds. The molecule has 1 aromatic carbocycles. The van der Waals surface area contributed by atoms with Gasteiger partial charge in [-0.1, -0.05) is 44.2 Å². The van der Waals surface area contributed by atoms with Gasteiger partial charge < -0.3 is 5.32 Å². The number of rotatable bonds is 7. The average Bonchev–Trinajstić information content (AvgIpc) is 2.30. The van der Waals surface area contributed by atoms with Crippen molar-refractivity contribution in [2.75, 3.05) is 13.1 Å². The third kappa shape index (κ3) is 4.48. The molecule has 0 heterocycles. The van der Waals surface area contributed by atoms with Gasteiger partial charge in [0.05, 0.1) is 0 Å². The zero-order valence-electron chi connectivity index (χ0n) is 10.00. The molecular formula is C14H23N. The summed E-state index contributed by atoms with van der Waals surface area (Å²) in [6, 6.07) is 10.9. The first-order valence-corrected chi connectivity index (χ1v) is 6.14. The van der Waals surface area contributed by atoms with Crippen LogP contribution in [-0.4, -0.2) is 13.1 Å². The van der Waals surface area contributed by atoms with Crippen LogP contribution in [0, 0.1) is 0 Å². The lowest BCUT2D eigenvalue weighted by Crippen LogP contribution is -2.14. The Morgan fingerprint density at radius 3 is 2.47 bits per heavy atom. The largest absolute Gasteiger partial charge is 0.317 e. The summed E-state index contributed by atoms with van der Waals surface area (Å²) in [5.41, 5.74) is 1.50. The maximum Gasteiger partial charge on any atom is -0.00488 e. The average molecular weight is 205 g/mol. The van der Waals surface area contributed by atoms with Crippen molar-refractivity contribution in [3.8, 4) is 0 Å².